The zero-order valence-corrected chi connectivity index (χ0v) is 19.1. The molecule has 4 aromatic heterocycles. The van der Waals surface area contributed by atoms with Crippen LogP contribution in [0.2, 0.25) is 0 Å². The predicted octanol–water partition coefficient (Wildman–Crippen LogP) is 2.55. The Morgan fingerprint density at radius 2 is 2.00 bits per heavy atom. The van der Waals surface area contributed by atoms with E-state index < -0.39 is 6.23 Å². The minimum absolute atomic E-state index is 0.0113. The lowest BCUT2D eigenvalue weighted by atomic mass is 10.0. The van der Waals surface area contributed by atoms with E-state index in [1.807, 2.05) is 18.3 Å². The molecule has 9 nitrogen and oxygen atoms in total. The molecule has 0 aromatic carbocycles. The van der Waals surface area contributed by atoms with Gasteiger partial charge >= 0.3 is 0 Å². The number of likely N-dealkylation sites (tertiary alicyclic amines) is 1. The Balaban J connectivity index is 1.59. The second-order valence-electron chi connectivity index (χ2n) is 8.65. The van der Waals surface area contributed by atoms with Crippen LogP contribution in [0.1, 0.15) is 30.7 Å². The zero-order valence-electron chi connectivity index (χ0n) is 19.1. The Bertz CT molecular complexity index is 1430. The fourth-order valence-electron chi connectivity index (χ4n) is 4.74. The number of aliphatic hydroxyl groups is 1. The topological polar surface area (TPSA) is 119 Å². The van der Waals surface area contributed by atoms with Gasteiger partial charge in [-0.05, 0) is 31.1 Å². The number of pyridine rings is 3. The van der Waals surface area contributed by atoms with Gasteiger partial charge in [0.05, 0.1) is 11.6 Å². The molecule has 0 saturated carbocycles. The van der Waals surface area contributed by atoms with Gasteiger partial charge in [0.15, 0.2) is 5.43 Å². The summed E-state index contributed by atoms with van der Waals surface area (Å²) in [6, 6.07) is 6.82. The van der Waals surface area contributed by atoms with E-state index in [9.17, 15) is 14.7 Å². The molecule has 1 unspecified atom stereocenters. The molecular weight excluding hydrogens is 444 g/mol. The van der Waals surface area contributed by atoms with Crippen molar-refractivity contribution in [2.45, 2.75) is 25.1 Å². The first-order chi connectivity index (χ1) is 17.0. The lowest BCUT2D eigenvalue weighted by molar-refractivity contribution is -0.127. The third-order valence-electron chi connectivity index (χ3n) is 6.48. The van der Waals surface area contributed by atoms with E-state index >= 15 is 0 Å². The highest BCUT2D eigenvalue weighted by atomic mass is 16.3. The molecule has 1 aliphatic heterocycles. The highest BCUT2D eigenvalue weighted by Crippen LogP contribution is 2.37. The number of carbonyl (C=O) groups excluding carboxylic acids is 1. The Kier molecular flexibility index (Phi) is 6.02. The number of hydrogen-bond acceptors (Lipinski definition) is 6. The second-order valence-corrected chi connectivity index (χ2v) is 8.65. The van der Waals surface area contributed by atoms with Gasteiger partial charge in [-0.3, -0.25) is 14.6 Å². The van der Waals surface area contributed by atoms with Crippen LogP contribution in [0.25, 0.3) is 27.8 Å². The summed E-state index contributed by atoms with van der Waals surface area (Å²) >= 11 is 0. The molecule has 2 atom stereocenters. The van der Waals surface area contributed by atoms with Crippen molar-refractivity contribution >= 4 is 16.8 Å². The maximum Gasteiger partial charge on any atom is 0.246 e. The van der Waals surface area contributed by atoms with Crippen LogP contribution in [-0.4, -0.2) is 48.1 Å². The summed E-state index contributed by atoms with van der Waals surface area (Å²) in [6.45, 7) is 4.85. The number of rotatable bonds is 5. The number of aromatic nitrogens is 4. The molecule has 3 N–H and O–H groups in total. The quantitative estimate of drug-likeness (QED) is 0.342. The van der Waals surface area contributed by atoms with Crippen LogP contribution in [0.4, 0.5) is 0 Å². The van der Waals surface area contributed by atoms with Crippen molar-refractivity contribution in [3.05, 3.63) is 89.9 Å². The van der Waals surface area contributed by atoms with Gasteiger partial charge < -0.3 is 24.9 Å². The van der Waals surface area contributed by atoms with Crippen molar-refractivity contribution in [1.82, 2.24) is 24.0 Å². The summed E-state index contributed by atoms with van der Waals surface area (Å²) in [5, 5.41) is 11.1. The average molecular weight is 471 g/mol. The fraction of sp³-hybridized carbons (Fsp3) is 0.231. The van der Waals surface area contributed by atoms with Gasteiger partial charge in [-0.1, -0.05) is 6.58 Å². The maximum atomic E-state index is 12.3. The minimum Gasteiger partial charge on any atom is -0.374 e. The van der Waals surface area contributed by atoms with E-state index in [0.29, 0.717) is 24.5 Å². The molecule has 1 fully saturated rings. The summed E-state index contributed by atoms with van der Waals surface area (Å²) in [7, 11) is 0. The molecule has 1 aliphatic rings. The number of nitrogens with two attached hydrogens (primary N) is 1. The summed E-state index contributed by atoms with van der Waals surface area (Å²) in [4.78, 5) is 34.4. The lowest BCUT2D eigenvalue weighted by Crippen LogP contribution is -2.39. The number of nitrogens with zero attached hydrogens (tertiary/aromatic N) is 5. The smallest absolute Gasteiger partial charge is 0.246 e. The van der Waals surface area contributed by atoms with Crippen LogP contribution in [0.15, 0.2) is 78.9 Å². The van der Waals surface area contributed by atoms with E-state index in [1.165, 1.54) is 18.2 Å². The third-order valence-corrected chi connectivity index (χ3v) is 6.48. The SMILES string of the molecule is C=CC(=O)N1CCC[C@@H](n2cc(-c3ccc(-n4ccc(=O)cc4)nc3)c3cncc(C(N)O)c32)C1. The molecule has 178 valence electrons. The largest absolute Gasteiger partial charge is 0.374 e. The number of hydrogen-bond donors (Lipinski definition) is 2. The van der Waals surface area contributed by atoms with Crippen LogP contribution < -0.4 is 11.2 Å². The van der Waals surface area contributed by atoms with E-state index in [0.717, 1.165) is 34.9 Å². The molecule has 1 saturated heterocycles. The molecule has 1 amide bonds. The second kappa shape index (κ2) is 9.28. The molecule has 0 aliphatic carbocycles. The number of fused-ring (bicyclic) bond motifs is 1. The van der Waals surface area contributed by atoms with Crippen molar-refractivity contribution in [3.8, 4) is 16.9 Å². The zero-order chi connectivity index (χ0) is 24.5. The Hall–Kier alpha value is -4.08. The first-order valence-corrected chi connectivity index (χ1v) is 11.4. The highest BCUT2D eigenvalue weighted by molar-refractivity contribution is 5.97. The fourth-order valence-corrected chi connectivity index (χ4v) is 4.74. The monoisotopic (exact) mass is 470 g/mol. The van der Waals surface area contributed by atoms with Crippen molar-refractivity contribution in [3.63, 3.8) is 0 Å². The van der Waals surface area contributed by atoms with E-state index in [1.54, 1.807) is 40.5 Å². The van der Waals surface area contributed by atoms with Crippen molar-refractivity contribution in [1.29, 1.82) is 0 Å². The molecule has 0 bridgehead atoms. The third kappa shape index (κ3) is 4.27. The predicted molar refractivity (Wildman–Crippen MR) is 133 cm³/mol. The summed E-state index contributed by atoms with van der Waals surface area (Å²) in [5.74, 6) is 0.592. The van der Waals surface area contributed by atoms with Crippen molar-refractivity contribution < 1.29 is 9.90 Å². The summed E-state index contributed by atoms with van der Waals surface area (Å²) in [5.41, 5.74) is 8.95. The van der Waals surface area contributed by atoms with E-state index in [-0.39, 0.29) is 17.4 Å². The summed E-state index contributed by atoms with van der Waals surface area (Å²) in [6.07, 6.45) is 12.4. The Labute approximate surface area is 201 Å². The van der Waals surface area contributed by atoms with E-state index in [2.05, 4.69) is 21.1 Å². The molecule has 9 heteroatoms. The van der Waals surface area contributed by atoms with E-state index in [4.69, 9.17) is 5.73 Å². The van der Waals surface area contributed by atoms with Crippen LogP contribution in [0, 0.1) is 0 Å². The molecule has 4 aromatic rings. The molecule has 0 radical (unpaired) electrons. The maximum absolute atomic E-state index is 12.3. The number of piperidine rings is 1. The van der Waals surface area contributed by atoms with Gasteiger partial charge in [-0.2, -0.15) is 0 Å². The van der Waals surface area contributed by atoms with Gasteiger partial charge in [-0.15, -0.1) is 0 Å². The molecule has 5 rings (SSSR count). The Morgan fingerprint density at radius 1 is 1.20 bits per heavy atom. The first-order valence-electron chi connectivity index (χ1n) is 11.4. The highest BCUT2D eigenvalue weighted by Gasteiger charge is 2.27. The molecule has 5 heterocycles. The minimum atomic E-state index is -1.19. The number of amides is 1. The average Bonchev–Trinajstić information content (AvgIpc) is 3.28. The first kappa shape index (κ1) is 22.7. The normalized spacial score (nSPS) is 16.9. The van der Waals surface area contributed by atoms with Crippen LogP contribution in [-0.2, 0) is 4.79 Å². The van der Waals surface area contributed by atoms with Crippen LogP contribution in [0.5, 0.6) is 0 Å². The van der Waals surface area contributed by atoms with Gasteiger partial charge in [-0.25, -0.2) is 4.98 Å². The van der Waals surface area contributed by atoms with Crippen molar-refractivity contribution in [2.75, 3.05) is 13.1 Å². The summed E-state index contributed by atoms with van der Waals surface area (Å²) < 4.78 is 3.88. The van der Waals surface area contributed by atoms with Crippen LogP contribution >= 0.6 is 0 Å². The number of carbonyl (C=O) groups is 1. The van der Waals surface area contributed by atoms with Gasteiger partial charge in [0, 0.05) is 84.5 Å². The lowest BCUT2D eigenvalue weighted by Gasteiger charge is -2.33. The van der Waals surface area contributed by atoms with Crippen LogP contribution in [0.3, 0.4) is 0 Å². The molecule has 0 spiro atoms. The van der Waals surface area contributed by atoms with Gasteiger partial charge in [0.1, 0.15) is 12.0 Å². The number of aliphatic hydroxyl groups excluding tert-OH is 1. The standard InChI is InChI=1S/C26H26N6O3/c1-2-24(34)31-9-3-4-18(15-31)32-16-22(20-13-28-14-21(25(20)32)26(27)35)17-5-6-23(29-12-17)30-10-7-19(33)8-11-30/h2,5-8,10-14,16,18,26,35H,1,3-4,9,15,27H2/t18-,26?/m1/s1. The van der Waals surface area contributed by atoms with Crippen molar-refractivity contribution in [2.24, 2.45) is 5.73 Å². The molecule has 35 heavy (non-hydrogen) atoms. The van der Waals surface area contributed by atoms with Gasteiger partial charge in [0.25, 0.3) is 0 Å². The molecular formula is C26H26N6O3. The van der Waals surface area contributed by atoms with Gasteiger partial charge in [0.2, 0.25) is 5.91 Å². The Morgan fingerprint density at radius 3 is 2.69 bits per heavy atom.